The van der Waals surface area contributed by atoms with Gasteiger partial charge < -0.3 is 4.74 Å². The van der Waals surface area contributed by atoms with Crippen LogP contribution in [-0.2, 0) is 0 Å². The van der Waals surface area contributed by atoms with Crippen LogP contribution in [0.1, 0.15) is 0 Å². The van der Waals surface area contributed by atoms with Crippen molar-refractivity contribution in [1.29, 1.82) is 0 Å². The van der Waals surface area contributed by atoms with Crippen LogP contribution in [0.4, 0.5) is 13.2 Å². The maximum atomic E-state index is 12.1. The highest BCUT2D eigenvalue weighted by Gasteiger charge is 2.31. The summed E-state index contributed by atoms with van der Waals surface area (Å²) >= 11 is 2.09. The fourth-order valence-electron chi connectivity index (χ4n) is 1.44. The summed E-state index contributed by atoms with van der Waals surface area (Å²) in [6.07, 6.45) is -1.42. The molecule has 94 valence electrons. The Labute approximate surface area is 115 Å². The minimum absolute atomic E-state index is 0.237. The molecule has 0 saturated heterocycles. The Kier molecular flexibility index (Phi) is 3.74. The molecule has 0 fully saturated rings. The summed E-state index contributed by atoms with van der Waals surface area (Å²) in [7, 11) is 0. The van der Waals surface area contributed by atoms with Crippen LogP contribution in [0.5, 0.6) is 5.75 Å². The van der Waals surface area contributed by atoms with Crippen molar-refractivity contribution in [2.45, 2.75) is 6.36 Å². The number of hydrogen-bond donors (Lipinski definition) is 0. The molecule has 1 aromatic heterocycles. The first-order valence-corrected chi connectivity index (χ1v) is 5.99. The number of pyridine rings is 1. The average Bonchev–Trinajstić information content (AvgIpc) is 2.27. The highest BCUT2D eigenvalue weighted by Crippen LogP contribution is 2.28. The molecule has 0 N–H and O–H groups in total. The van der Waals surface area contributed by atoms with Crippen molar-refractivity contribution < 1.29 is 17.9 Å². The van der Waals surface area contributed by atoms with E-state index in [4.69, 9.17) is 0 Å². The molecule has 2 nitrogen and oxygen atoms in total. The van der Waals surface area contributed by atoms with E-state index < -0.39 is 6.36 Å². The summed E-state index contributed by atoms with van der Waals surface area (Å²) in [5.41, 5.74) is 1.37. The lowest BCUT2D eigenvalue weighted by molar-refractivity contribution is -0.274. The second kappa shape index (κ2) is 5.13. The number of halogens is 4. The predicted molar refractivity (Wildman–Crippen MR) is 69.1 cm³/mol. The molecule has 0 spiro atoms. The van der Waals surface area contributed by atoms with Crippen LogP contribution in [0.25, 0.3) is 11.1 Å². The van der Waals surface area contributed by atoms with Crippen molar-refractivity contribution in [3.63, 3.8) is 0 Å². The Morgan fingerprint density at radius 3 is 2.50 bits per heavy atom. The summed E-state index contributed by atoms with van der Waals surface area (Å²) in [6.45, 7) is 0. The van der Waals surface area contributed by atoms with Gasteiger partial charge in [-0.3, -0.25) is 4.98 Å². The fourth-order valence-corrected chi connectivity index (χ4v) is 1.94. The standard InChI is InChI=1S/C12H7F3INO/c13-12(14,15)18-11-3-1-2-8(5-11)9-4-10(16)7-17-6-9/h1-7H. The van der Waals surface area contributed by atoms with Crippen molar-refractivity contribution >= 4 is 22.6 Å². The van der Waals surface area contributed by atoms with Gasteiger partial charge in [-0.15, -0.1) is 13.2 Å². The fraction of sp³-hybridized carbons (Fsp3) is 0.0833. The van der Waals surface area contributed by atoms with Gasteiger partial charge in [-0.2, -0.15) is 0 Å². The average molecular weight is 365 g/mol. The van der Waals surface area contributed by atoms with Crippen LogP contribution in [0, 0.1) is 3.57 Å². The molecule has 6 heteroatoms. The number of rotatable bonds is 2. The third kappa shape index (κ3) is 3.59. The molecule has 0 bridgehead atoms. The van der Waals surface area contributed by atoms with Crippen molar-refractivity contribution in [1.82, 2.24) is 4.98 Å². The Morgan fingerprint density at radius 2 is 1.83 bits per heavy atom. The van der Waals surface area contributed by atoms with Crippen LogP contribution in [0.2, 0.25) is 0 Å². The molecular formula is C12H7F3INO. The van der Waals surface area contributed by atoms with Gasteiger partial charge >= 0.3 is 6.36 Å². The molecule has 18 heavy (non-hydrogen) atoms. The number of hydrogen-bond acceptors (Lipinski definition) is 2. The summed E-state index contributed by atoms with van der Waals surface area (Å²) in [6, 6.07) is 7.64. The van der Waals surface area contributed by atoms with E-state index >= 15 is 0 Å². The number of alkyl halides is 3. The minimum Gasteiger partial charge on any atom is -0.406 e. The summed E-state index contributed by atoms with van der Waals surface area (Å²) in [4.78, 5) is 3.99. The van der Waals surface area contributed by atoms with Gasteiger partial charge in [0.25, 0.3) is 0 Å². The quantitative estimate of drug-likeness (QED) is 0.743. The molecule has 0 saturated carbocycles. The van der Waals surface area contributed by atoms with Gasteiger partial charge in [0.1, 0.15) is 5.75 Å². The zero-order valence-corrected chi connectivity index (χ0v) is 11.1. The van der Waals surface area contributed by atoms with Crippen LogP contribution < -0.4 is 4.74 Å². The molecule has 0 radical (unpaired) electrons. The summed E-state index contributed by atoms with van der Waals surface area (Å²) < 4.78 is 41.1. The van der Waals surface area contributed by atoms with E-state index in [2.05, 4.69) is 32.3 Å². The normalized spacial score (nSPS) is 11.3. The monoisotopic (exact) mass is 365 g/mol. The smallest absolute Gasteiger partial charge is 0.406 e. The van der Waals surface area contributed by atoms with Crippen molar-refractivity contribution in [3.05, 3.63) is 46.3 Å². The molecular weight excluding hydrogens is 358 g/mol. The summed E-state index contributed by atoms with van der Waals surface area (Å²) in [5, 5.41) is 0. The molecule has 1 aromatic carbocycles. The van der Waals surface area contributed by atoms with E-state index in [1.165, 1.54) is 18.2 Å². The first-order valence-electron chi connectivity index (χ1n) is 4.91. The number of nitrogens with zero attached hydrogens (tertiary/aromatic N) is 1. The van der Waals surface area contributed by atoms with Gasteiger partial charge in [-0.25, -0.2) is 0 Å². The van der Waals surface area contributed by atoms with Gasteiger partial charge in [0, 0.05) is 21.5 Å². The third-order valence-electron chi connectivity index (χ3n) is 2.11. The zero-order valence-electron chi connectivity index (χ0n) is 8.91. The maximum absolute atomic E-state index is 12.1. The van der Waals surface area contributed by atoms with Crippen molar-refractivity contribution in [3.8, 4) is 16.9 Å². The van der Waals surface area contributed by atoms with Crippen molar-refractivity contribution in [2.75, 3.05) is 0 Å². The second-order valence-corrected chi connectivity index (χ2v) is 4.71. The molecule has 0 aliphatic heterocycles. The third-order valence-corrected chi connectivity index (χ3v) is 2.70. The molecule has 0 aliphatic carbocycles. The van der Waals surface area contributed by atoms with Gasteiger partial charge in [0.05, 0.1) is 0 Å². The molecule has 2 aromatic rings. The number of benzene rings is 1. The van der Waals surface area contributed by atoms with Crippen LogP contribution >= 0.6 is 22.6 Å². The lowest BCUT2D eigenvalue weighted by Crippen LogP contribution is -2.17. The van der Waals surface area contributed by atoms with Gasteiger partial charge in [0.15, 0.2) is 0 Å². The topological polar surface area (TPSA) is 22.1 Å². The van der Waals surface area contributed by atoms with Gasteiger partial charge in [0.2, 0.25) is 0 Å². The van der Waals surface area contributed by atoms with E-state index in [0.29, 0.717) is 5.56 Å². The highest BCUT2D eigenvalue weighted by molar-refractivity contribution is 14.1. The largest absolute Gasteiger partial charge is 0.573 e. The predicted octanol–water partition coefficient (Wildman–Crippen LogP) is 4.25. The molecule has 0 amide bonds. The van der Waals surface area contributed by atoms with Gasteiger partial charge in [-0.05, 0) is 46.4 Å². The summed E-state index contributed by atoms with van der Waals surface area (Å²) in [5.74, 6) is -0.237. The number of aromatic nitrogens is 1. The van der Waals surface area contributed by atoms with Gasteiger partial charge in [-0.1, -0.05) is 12.1 Å². The molecule has 0 atom stereocenters. The highest BCUT2D eigenvalue weighted by atomic mass is 127. The lowest BCUT2D eigenvalue weighted by Gasteiger charge is -2.10. The first-order chi connectivity index (χ1) is 8.44. The Hall–Kier alpha value is -1.31. The van der Waals surface area contributed by atoms with Crippen LogP contribution in [0.3, 0.4) is 0 Å². The Bertz CT molecular complexity index is 557. The van der Waals surface area contributed by atoms with E-state index in [1.807, 2.05) is 6.07 Å². The molecule has 2 rings (SSSR count). The molecule has 0 unspecified atom stereocenters. The Balaban J connectivity index is 2.33. The van der Waals surface area contributed by atoms with E-state index in [1.54, 1.807) is 18.5 Å². The zero-order chi connectivity index (χ0) is 13.2. The second-order valence-electron chi connectivity index (χ2n) is 3.47. The molecule has 0 aliphatic rings. The van der Waals surface area contributed by atoms with Crippen LogP contribution in [0.15, 0.2) is 42.7 Å². The van der Waals surface area contributed by atoms with Crippen LogP contribution in [-0.4, -0.2) is 11.3 Å². The van der Waals surface area contributed by atoms with E-state index in [9.17, 15) is 13.2 Å². The minimum atomic E-state index is -4.68. The number of ether oxygens (including phenoxy) is 1. The first kappa shape index (κ1) is 13.1. The van der Waals surface area contributed by atoms with Crippen molar-refractivity contribution in [2.24, 2.45) is 0 Å². The molecule has 1 heterocycles. The van der Waals surface area contributed by atoms with E-state index in [0.717, 1.165) is 9.13 Å². The lowest BCUT2D eigenvalue weighted by atomic mass is 10.1. The SMILES string of the molecule is FC(F)(F)Oc1cccc(-c2cncc(I)c2)c1. The maximum Gasteiger partial charge on any atom is 0.573 e. The Morgan fingerprint density at radius 1 is 1.06 bits per heavy atom. The van der Waals surface area contributed by atoms with E-state index in [-0.39, 0.29) is 5.75 Å².